The van der Waals surface area contributed by atoms with Crippen LogP contribution in [0.25, 0.3) is 0 Å². The molecule has 2 atom stereocenters. The Balaban J connectivity index is 3.52. The topological polar surface area (TPSA) is 40.5 Å². The Labute approximate surface area is 62.2 Å². The first-order valence-corrected chi connectivity index (χ1v) is 3.75. The molecule has 60 valence electrons. The van der Waals surface area contributed by atoms with Gasteiger partial charge in [-0.3, -0.25) is 0 Å². The van der Waals surface area contributed by atoms with E-state index in [0.717, 1.165) is 0 Å². The quantitative estimate of drug-likeness (QED) is 0.580. The lowest BCUT2D eigenvalue weighted by Crippen LogP contribution is -2.03. The Morgan fingerprint density at radius 2 is 1.30 bits per heavy atom. The Kier molecular flexibility index (Phi) is 5.26. The molecule has 0 aromatic rings. The van der Waals surface area contributed by atoms with Gasteiger partial charge in [-0.05, 0) is 12.8 Å². The van der Waals surface area contributed by atoms with Crippen LogP contribution in [0.3, 0.4) is 0 Å². The molecule has 0 amide bonds. The van der Waals surface area contributed by atoms with Crippen LogP contribution in [0.2, 0.25) is 0 Å². The molecular formula is C8H16O2. The highest BCUT2D eigenvalue weighted by molar-refractivity contribution is 4.92. The van der Waals surface area contributed by atoms with Crippen molar-refractivity contribution in [3.05, 3.63) is 12.2 Å². The molecule has 0 aliphatic rings. The molecule has 0 rings (SSSR count). The molecule has 2 heteroatoms. The fraction of sp³-hybridized carbons (Fsp3) is 0.750. The highest BCUT2D eigenvalue weighted by Gasteiger charge is 1.95. The van der Waals surface area contributed by atoms with Crippen molar-refractivity contribution >= 4 is 0 Å². The van der Waals surface area contributed by atoms with Gasteiger partial charge in [0.05, 0.1) is 12.2 Å². The van der Waals surface area contributed by atoms with Crippen molar-refractivity contribution in [2.45, 2.75) is 38.9 Å². The predicted octanol–water partition coefficient (Wildman–Crippen LogP) is 1.08. The smallest absolute Gasteiger partial charge is 0.0719 e. The van der Waals surface area contributed by atoms with Gasteiger partial charge >= 0.3 is 0 Å². The van der Waals surface area contributed by atoms with E-state index in [1.165, 1.54) is 0 Å². The molecular weight excluding hydrogens is 128 g/mol. The molecule has 0 radical (unpaired) electrons. The Bertz CT molecular complexity index is 87.4. The van der Waals surface area contributed by atoms with Crippen LogP contribution < -0.4 is 0 Å². The van der Waals surface area contributed by atoms with Crippen LogP contribution in [0, 0.1) is 0 Å². The molecule has 0 aromatic heterocycles. The van der Waals surface area contributed by atoms with Crippen molar-refractivity contribution in [2.75, 3.05) is 0 Å². The molecule has 0 aliphatic heterocycles. The van der Waals surface area contributed by atoms with Crippen molar-refractivity contribution in [2.24, 2.45) is 0 Å². The van der Waals surface area contributed by atoms with Crippen LogP contribution >= 0.6 is 0 Å². The summed E-state index contributed by atoms with van der Waals surface area (Å²) in [4.78, 5) is 0. The maximum absolute atomic E-state index is 9.00. The Hall–Kier alpha value is -0.340. The Morgan fingerprint density at radius 3 is 1.50 bits per heavy atom. The summed E-state index contributed by atoms with van der Waals surface area (Å²) in [5, 5.41) is 18.0. The number of hydrogen-bond acceptors (Lipinski definition) is 2. The van der Waals surface area contributed by atoms with E-state index < -0.39 is 12.2 Å². The van der Waals surface area contributed by atoms with Crippen molar-refractivity contribution in [1.29, 1.82) is 0 Å². The molecule has 0 bridgehead atoms. The summed E-state index contributed by atoms with van der Waals surface area (Å²) in [6.07, 6.45) is 3.87. The lowest BCUT2D eigenvalue weighted by atomic mass is 10.2. The average molecular weight is 144 g/mol. The highest BCUT2D eigenvalue weighted by Crippen LogP contribution is 1.96. The van der Waals surface area contributed by atoms with Gasteiger partial charge in [-0.15, -0.1) is 0 Å². The lowest BCUT2D eigenvalue weighted by molar-refractivity contribution is 0.203. The van der Waals surface area contributed by atoms with Gasteiger partial charge in [0.1, 0.15) is 0 Å². The third-order valence-electron chi connectivity index (χ3n) is 1.39. The number of hydrogen-bond donors (Lipinski definition) is 2. The highest BCUT2D eigenvalue weighted by atomic mass is 16.3. The van der Waals surface area contributed by atoms with Crippen LogP contribution in [-0.4, -0.2) is 22.4 Å². The minimum absolute atomic E-state index is 0.402. The molecule has 0 heterocycles. The summed E-state index contributed by atoms with van der Waals surface area (Å²) in [6.45, 7) is 3.79. The van der Waals surface area contributed by atoms with E-state index in [1.807, 2.05) is 13.8 Å². The largest absolute Gasteiger partial charge is 0.389 e. The van der Waals surface area contributed by atoms with Gasteiger partial charge in [0, 0.05) is 0 Å². The van der Waals surface area contributed by atoms with E-state index in [4.69, 9.17) is 10.2 Å². The molecule has 0 aromatic carbocycles. The average Bonchev–Trinajstić information content (AvgIpc) is 1.99. The fourth-order valence-corrected chi connectivity index (χ4v) is 0.529. The Morgan fingerprint density at radius 1 is 1.00 bits per heavy atom. The number of aliphatic hydroxyl groups is 2. The van der Waals surface area contributed by atoms with Gasteiger partial charge in [0.15, 0.2) is 0 Å². The summed E-state index contributed by atoms with van der Waals surface area (Å²) in [7, 11) is 0. The molecule has 0 aliphatic carbocycles. The summed E-state index contributed by atoms with van der Waals surface area (Å²) in [5.41, 5.74) is 0. The maximum Gasteiger partial charge on any atom is 0.0719 e. The normalized spacial score (nSPS) is 17.6. The zero-order chi connectivity index (χ0) is 7.98. The minimum atomic E-state index is -0.402. The summed E-state index contributed by atoms with van der Waals surface area (Å²) >= 11 is 0. The molecule has 0 fully saturated rings. The van der Waals surface area contributed by atoms with E-state index in [-0.39, 0.29) is 0 Å². The monoisotopic (exact) mass is 144 g/mol. The van der Waals surface area contributed by atoms with Gasteiger partial charge in [-0.2, -0.15) is 0 Å². The first-order valence-electron chi connectivity index (χ1n) is 3.75. The molecule has 0 saturated carbocycles. The van der Waals surface area contributed by atoms with Crippen molar-refractivity contribution in [1.82, 2.24) is 0 Å². The van der Waals surface area contributed by atoms with Gasteiger partial charge in [-0.25, -0.2) is 0 Å². The van der Waals surface area contributed by atoms with Crippen molar-refractivity contribution in [3.63, 3.8) is 0 Å². The molecule has 10 heavy (non-hydrogen) atoms. The van der Waals surface area contributed by atoms with Crippen LogP contribution in [0.5, 0.6) is 0 Å². The second kappa shape index (κ2) is 5.45. The van der Waals surface area contributed by atoms with E-state index in [2.05, 4.69) is 0 Å². The molecule has 2 unspecified atom stereocenters. The second-order valence-corrected chi connectivity index (χ2v) is 2.34. The van der Waals surface area contributed by atoms with E-state index >= 15 is 0 Å². The predicted molar refractivity (Wildman–Crippen MR) is 41.7 cm³/mol. The van der Waals surface area contributed by atoms with Crippen molar-refractivity contribution in [3.8, 4) is 0 Å². The fourth-order valence-electron chi connectivity index (χ4n) is 0.529. The second-order valence-electron chi connectivity index (χ2n) is 2.34. The third-order valence-corrected chi connectivity index (χ3v) is 1.39. The van der Waals surface area contributed by atoms with Crippen LogP contribution in [0.4, 0.5) is 0 Å². The van der Waals surface area contributed by atoms with E-state index in [1.54, 1.807) is 12.2 Å². The zero-order valence-electron chi connectivity index (χ0n) is 6.62. The van der Waals surface area contributed by atoms with Crippen molar-refractivity contribution < 1.29 is 10.2 Å². The van der Waals surface area contributed by atoms with E-state index in [9.17, 15) is 0 Å². The van der Waals surface area contributed by atoms with Gasteiger partial charge in [-0.1, -0.05) is 26.0 Å². The third kappa shape index (κ3) is 4.53. The first-order chi connectivity index (χ1) is 4.70. The van der Waals surface area contributed by atoms with Gasteiger partial charge in [0.2, 0.25) is 0 Å². The maximum atomic E-state index is 9.00. The molecule has 0 saturated heterocycles. The summed E-state index contributed by atoms with van der Waals surface area (Å²) in [6, 6.07) is 0. The number of aliphatic hydroxyl groups excluding tert-OH is 2. The minimum Gasteiger partial charge on any atom is -0.389 e. The lowest BCUT2D eigenvalue weighted by Gasteiger charge is -2.02. The van der Waals surface area contributed by atoms with Crippen LogP contribution in [0.1, 0.15) is 26.7 Å². The standard InChI is InChI=1S/C8H16O2/c1-3-7(9)5-6-8(10)4-2/h5-10H,3-4H2,1-2H3/b6-5+. The number of rotatable bonds is 4. The zero-order valence-corrected chi connectivity index (χ0v) is 6.62. The SMILES string of the molecule is CCC(O)/C=C/C(O)CC. The van der Waals surface area contributed by atoms with Gasteiger partial charge < -0.3 is 10.2 Å². The van der Waals surface area contributed by atoms with Crippen LogP contribution in [0.15, 0.2) is 12.2 Å². The summed E-state index contributed by atoms with van der Waals surface area (Å²) in [5.74, 6) is 0. The molecule has 2 N–H and O–H groups in total. The van der Waals surface area contributed by atoms with E-state index in [0.29, 0.717) is 12.8 Å². The first kappa shape index (κ1) is 9.66. The van der Waals surface area contributed by atoms with Crippen LogP contribution in [-0.2, 0) is 0 Å². The molecule has 2 nitrogen and oxygen atoms in total. The van der Waals surface area contributed by atoms with Gasteiger partial charge in [0.25, 0.3) is 0 Å². The molecule has 0 spiro atoms. The summed E-state index contributed by atoms with van der Waals surface area (Å²) < 4.78 is 0.